The van der Waals surface area contributed by atoms with Gasteiger partial charge in [0.1, 0.15) is 5.82 Å². The van der Waals surface area contributed by atoms with Crippen LogP contribution < -0.4 is 10.2 Å². The molecule has 0 unspecified atom stereocenters. The van der Waals surface area contributed by atoms with Crippen LogP contribution in [0.15, 0.2) is 83.2 Å². The summed E-state index contributed by atoms with van der Waals surface area (Å²) >= 11 is 2.56. The summed E-state index contributed by atoms with van der Waals surface area (Å²) in [7, 11) is 0. The van der Waals surface area contributed by atoms with Gasteiger partial charge in [0.15, 0.2) is 4.34 Å². The molecule has 4 aromatic rings. The normalized spacial score (nSPS) is 10.6. The monoisotopic (exact) mass is 495 g/mol. The van der Waals surface area contributed by atoms with E-state index < -0.39 is 10.7 Å². The van der Waals surface area contributed by atoms with Crippen molar-refractivity contribution in [2.75, 3.05) is 16.0 Å². The van der Waals surface area contributed by atoms with Crippen molar-refractivity contribution in [3.8, 4) is 0 Å². The Morgan fingerprint density at radius 1 is 1.06 bits per heavy atom. The Balaban J connectivity index is 1.47. The summed E-state index contributed by atoms with van der Waals surface area (Å²) in [6.07, 6.45) is 0. The molecule has 0 fully saturated rings. The number of nitrogens with zero attached hydrogens (tertiary/aromatic N) is 4. The second-order valence-corrected chi connectivity index (χ2v) is 9.24. The van der Waals surface area contributed by atoms with E-state index in [0.29, 0.717) is 20.7 Å². The highest BCUT2D eigenvalue weighted by Gasteiger charge is 2.19. The van der Waals surface area contributed by atoms with Crippen LogP contribution in [0.25, 0.3) is 0 Å². The number of non-ortho nitro benzene ring substituents is 1. The van der Waals surface area contributed by atoms with Crippen LogP contribution in [0.3, 0.4) is 0 Å². The predicted octanol–water partition coefficient (Wildman–Crippen LogP) is 5.65. The molecule has 0 bridgehead atoms. The van der Waals surface area contributed by atoms with Gasteiger partial charge < -0.3 is 10.2 Å². The van der Waals surface area contributed by atoms with Crippen LogP contribution >= 0.6 is 23.1 Å². The molecule has 0 saturated heterocycles. The van der Waals surface area contributed by atoms with E-state index in [9.17, 15) is 19.3 Å². The number of thioether (sulfide) groups is 1. The maximum atomic E-state index is 13.4. The van der Waals surface area contributed by atoms with E-state index in [1.807, 2.05) is 30.3 Å². The van der Waals surface area contributed by atoms with Crippen LogP contribution in [0.4, 0.5) is 26.6 Å². The van der Waals surface area contributed by atoms with Crippen molar-refractivity contribution < 1.29 is 14.1 Å². The van der Waals surface area contributed by atoms with Gasteiger partial charge in [0, 0.05) is 23.5 Å². The lowest BCUT2D eigenvalue weighted by molar-refractivity contribution is -0.384. The number of benzene rings is 3. The molecule has 0 aliphatic carbocycles. The van der Waals surface area contributed by atoms with Gasteiger partial charge in [0.05, 0.1) is 17.2 Å². The molecule has 0 aliphatic rings. The van der Waals surface area contributed by atoms with Gasteiger partial charge >= 0.3 is 0 Å². The number of amides is 1. The number of hydrogen-bond donors (Lipinski definition) is 1. The summed E-state index contributed by atoms with van der Waals surface area (Å²) < 4.78 is 14.1. The minimum atomic E-state index is -0.486. The van der Waals surface area contributed by atoms with E-state index in [1.165, 1.54) is 64.4 Å². The van der Waals surface area contributed by atoms with Crippen LogP contribution in [0.1, 0.15) is 5.56 Å². The molecule has 8 nitrogen and oxygen atoms in total. The van der Waals surface area contributed by atoms with Crippen molar-refractivity contribution in [2.24, 2.45) is 0 Å². The van der Waals surface area contributed by atoms with E-state index in [2.05, 4.69) is 15.5 Å². The van der Waals surface area contributed by atoms with Crippen molar-refractivity contribution in [1.29, 1.82) is 0 Å². The zero-order valence-electron chi connectivity index (χ0n) is 17.6. The van der Waals surface area contributed by atoms with Gasteiger partial charge in [-0.25, -0.2) is 4.39 Å². The Labute approximate surface area is 202 Å². The first-order valence-corrected chi connectivity index (χ1v) is 11.9. The van der Waals surface area contributed by atoms with Crippen LogP contribution in [-0.2, 0) is 11.3 Å². The molecule has 0 aliphatic heterocycles. The Morgan fingerprint density at radius 2 is 1.82 bits per heavy atom. The maximum Gasteiger partial charge on any atom is 0.269 e. The third kappa shape index (κ3) is 6.15. The van der Waals surface area contributed by atoms with Crippen molar-refractivity contribution >= 4 is 51.2 Å². The fourth-order valence-electron chi connectivity index (χ4n) is 3.06. The van der Waals surface area contributed by atoms with Crippen molar-refractivity contribution in [2.45, 2.75) is 10.9 Å². The first kappa shape index (κ1) is 23.3. The molecular weight excluding hydrogens is 477 g/mol. The summed E-state index contributed by atoms with van der Waals surface area (Å²) in [6.45, 7) is 0.101. The highest BCUT2D eigenvalue weighted by Crippen LogP contribution is 2.29. The van der Waals surface area contributed by atoms with Crippen LogP contribution in [-0.4, -0.2) is 26.8 Å². The van der Waals surface area contributed by atoms with Crippen LogP contribution in [0.5, 0.6) is 0 Å². The van der Waals surface area contributed by atoms with E-state index in [4.69, 9.17) is 0 Å². The van der Waals surface area contributed by atoms with E-state index in [0.717, 1.165) is 5.69 Å². The van der Waals surface area contributed by atoms with Gasteiger partial charge in [-0.3, -0.25) is 14.9 Å². The first-order valence-electron chi connectivity index (χ1n) is 10.1. The second kappa shape index (κ2) is 10.9. The standard InChI is InChI=1S/C23H18FN5O3S2/c24-17-9-11-19(12-10-17)28(14-16-5-4-8-20(13-16)29(31)32)21(30)15-33-23-27-26-22(34-23)25-18-6-2-1-3-7-18/h1-13H,14-15H2,(H,25,26). The molecule has 1 N–H and O–H groups in total. The zero-order valence-corrected chi connectivity index (χ0v) is 19.3. The third-order valence-electron chi connectivity index (χ3n) is 4.65. The number of hydrogen-bond acceptors (Lipinski definition) is 8. The highest BCUT2D eigenvalue weighted by atomic mass is 32.2. The molecule has 11 heteroatoms. The molecule has 172 valence electrons. The fraction of sp³-hybridized carbons (Fsp3) is 0.0870. The zero-order chi connectivity index (χ0) is 23.9. The lowest BCUT2D eigenvalue weighted by atomic mass is 10.1. The fourth-order valence-corrected chi connectivity index (χ4v) is 4.71. The topological polar surface area (TPSA) is 101 Å². The molecule has 0 saturated carbocycles. The van der Waals surface area contributed by atoms with Gasteiger partial charge in [0.2, 0.25) is 11.0 Å². The van der Waals surface area contributed by atoms with Gasteiger partial charge in [-0.15, -0.1) is 10.2 Å². The molecule has 1 heterocycles. The van der Waals surface area contributed by atoms with Crippen LogP contribution in [0, 0.1) is 15.9 Å². The molecule has 1 aromatic heterocycles. The van der Waals surface area contributed by atoms with Gasteiger partial charge in [-0.2, -0.15) is 0 Å². The summed E-state index contributed by atoms with van der Waals surface area (Å²) in [4.78, 5) is 25.2. The minimum absolute atomic E-state index is 0.0618. The SMILES string of the molecule is O=C(CSc1nnc(Nc2ccccc2)s1)N(Cc1cccc([N+](=O)[O-])c1)c1ccc(F)cc1. The quantitative estimate of drug-likeness (QED) is 0.182. The predicted molar refractivity (Wildman–Crippen MR) is 131 cm³/mol. The van der Waals surface area contributed by atoms with Gasteiger partial charge in [0.25, 0.3) is 5.69 Å². The number of rotatable bonds is 9. The largest absolute Gasteiger partial charge is 0.330 e. The summed E-state index contributed by atoms with van der Waals surface area (Å²) in [5.74, 6) is -0.615. The number of nitrogens with one attached hydrogen (secondary N) is 1. The van der Waals surface area contributed by atoms with Crippen molar-refractivity contribution in [3.63, 3.8) is 0 Å². The Kier molecular flexibility index (Phi) is 7.45. The highest BCUT2D eigenvalue weighted by molar-refractivity contribution is 8.01. The number of nitro groups is 1. The molecule has 3 aromatic carbocycles. The number of nitro benzene ring substituents is 1. The summed E-state index contributed by atoms with van der Waals surface area (Å²) in [5.41, 5.74) is 1.89. The van der Waals surface area contributed by atoms with E-state index in [1.54, 1.807) is 12.1 Å². The summed E-state index contributed by atoms with van der Waals surface area (Å²) in [6, 6.07) is 21.2. The van der Waals surface area contributed by atoms with Gasteiger partial charge in [-0.05, 0) is 42.0 Å². The Morgan fingerprint density at radius 3 is 2.56 bits per heavy atom. The molecular formula is C23H18FN5O3S2. The molecule has 1 amide bonds. The Bertz CT molecular complexity index is 1290. The number of halogens is 1. The lowest BCUT2D eigenvalue weighted by Crippen LogP contribution is -2.32. The molecule has 0 radical (unpaired) electrons. The average Bonchev–Trinajstić information content (AvgIpc) is 3.29. The second-order valence-electron chi connectivity index (χ2n) is 7.04. The lowest BCUT2D eigenvalue weighted by Gasteiger charge is -2.23. The van der Waals surface area contributed by atoms with Crippen molar-refractivity contribution in [1.82, 2.24) is 10.2 Å². The molecule has 0 atom stereocenters. The average molecular weight is 496 g/mol. The number of carbonyl (C=O) groups excluding carboxylic acids is 1. The Hall–Kier alpha value is -3.83. The maximum absolute atomic E-state index is 13.4. The van der Waals surface area contributed by atoms with Crippen LogP contribution in [0.2, 0.25) is 0 Å². The molecule has 34 heavy (non-hydrogen) atoms. The van der Waals surface area contributed by atoms with Crippen molar-refractivity contribution in [3.05, 3.63) is 100 Å². The molecule has 4 rings (SSSR count). The van der Waals surface area contributed by atoms with E-state index in [-0.39, 0.29) is 23.9 Å². The number of para-hydroxylation sites is 1. The third-order valence-corrected chi connectivity index (χ3v) is 6.61. The number of anilines is 3. The number of carbonyl (C=O) groups is 1. The van der Waals surface area contributed by atoms with E-state index >= 15 is 0 Å². The first-order chi connectivity index (χ1) is 16.5. The number of aromatic nitrogens is 2. The molecule has 0 spiro atoms. The van der Waals surface area contributed by atoms with Gasteiger partial charge in [-0.1, -0.05) is 53.4 Å². The minimum Gasteiger partial charge on any atom is -0.330 e. The summed E-state index contributed by atoms with van der Waals surface area (Å²) in [5, 5.41) is 23.1. The smallest absolute Gasteiger partial charge is 0.269 e.